The Hall–Kier alpha value is -3.26. The van der Waals surface area contributed by atoms with Gasteiger partial charge in [0, 0.05) is 31.1 Å². The molecule has 1 aliphatic rings. The molecule has 0 saturated carbocycles. The molecule has 39 heavy (non-hydrogen) atoms. The van der Waals surface area contributed by atoms with Crippen molar-refractivity contribution in [3.05, 3.63) is 95.6 Å². The number of hydrogen-bond acceptors (Lipinski definition) is 5. The first kappa shape index (κ1) is 30.3. The number of benzene rings is 2. The SMILES string of the molecule is CCCN(CCC)C(=O)C1=CC=CC(C(N)=O)([C@H](Cc2ccccc2)[C@@H](O)CN[C@H](CO)c2ccccc2)C1. The molecule has 210 valence electrons. The summed E-state index contributed by atoms with van der Waals surface area (Å²) >= 11 is 0. The number of rotatable bonds is 15. The van der Waals surface area contributed by atoms with Crippen molar-refractivity contribution in [2.45, 2.75) is 51.7 Å². The number of hydrogen-bond donors (Lipinski definition) is 4. The second-order valence-corrected chi connectivity index (χ2v) is 10.3. The zero-order chi connectivity index (χ0) is 28.3. The van der Waals surface area contributed by atoms with Crippen molar-refractivity contribution in [1.82, 2.24) is 10.2 Å². The number of carbonyl (C=O) groups excluding carboxylic acids is 2. The van der Waals surface area contributed by atoms with Crippen LogP contribution in [0.4, 0.5) is 0 Å². The molecule has 0 saturated heterocycles. The quantitative estimate of drug-likeness (QED) is 0.280. The summed E-state index contributed by atoms with van der Waals surface area (Å²) in [7, 11) is 0. The lowest BCUT2D eigenvalue weighted by Gasteiger charge is -2.41. The topological polar surface area (TPSA) is 116 Å². The maximum absolute atomic E-state index is 13.5. The Balaban J connectivity index is 1.92. The molecule has 2 amide bonds. The Kier molecular flexibility index (Phi) is 11.5. The Morgan fingerprint density at radius 3 is 2.21 bits per heavy atom. The summed E-state index contributed by atoms with van der Waals surface area (Å²) in [6, 6.07) is 18.8. The van der Waals surface area contributed by atoms with Gasteiger partial charge in [0.05, 0.1) is 24.2 Å². The van der Waals surface area contributed by atoms with Gasteiger partial charge in [0.2, 0.25) is 11.8 Å². The molecule has 3 rings (SSSR count). The van der Waals surface area contributed by atoms with Crippen LogP contribution in [0.25, 0.3) is 0 Å². The second-order valence-electron chi connectivity index (χ2n) is 10.3. The van der Waals surface area contributed by atoms with Crippen molar-refractivity contribution < 1.29 is 19.8 Å². The predicted octanol–water partition coefficient (Wildman–Crippen LogP) is 3.54. The highest BCUT2D eigenvalue weighted by atomic mass is 16.3. The van der Waals surface area contributed by atoms with E-state index in [1.54, 1.807) is 18.2 Å². The molecule has 0 bridgehead atoms. The number of aliphatic hydroxyl groups excluding tert-OH is 2. The number of nitrogens with one attached hydrogen (secondary N) is 1. The van der Waals surface area contributed by atoms with Crippen LogP contribution in [0.2, 0.25) is 0 Å². The summed E-state index contributed by atoms with van der Waals surface area (Å²) < 4.78 is 0. The van der Waals surface area contributed by atoms with Crippen molar-refractivity contribution >= 4 is 11.8 Å². The molecule has 7 heteroatoms. The van der Waals surface area contributed by atoms with Crippen molar-refractivity contribution in [3.63, 3.8) is 0 Å². The molecule has 1 unspecified atom stereocenters. The Morgan fingerprint density at radius 1 is 1.03 bits per heavy atom. The van der Waals surface area contributed by atoms with Crippen LogP contribution in [0, 0.1) is 11.3 Å². The van der Waals surface area contributed by atoms with Gasteiger partial charge in [-0.3, -0.25) is 9.59 Å². The van der Waals surface area contributed by atoms with E-state index in [4.69, 9.17) is 5.73 Å². The third-order valence-corrected chi connectivity index (χ3v) is 7.56. The minimum Gasteiger partial charge on any atom is -0.394 e. The second kappa shape index (κ2) is 14.8. The Labute approximate surface area is 232 Å². The van der Waals surface area contributed by atoms with Gasteiger partial charge in [0.15, 0.2) is 0 Å². The van der Waals surface area contributed by atoms with E-state index in [0.29, 0.717) is 25.1 Å². The third kappa shape index (κ3) is 7.66. The van der Waals surface area contributed by atoms with E-state index in [9.17, 15) is 19.8 Å². The summed E-state index contributed by atoms with van der Waals surface area (Å²) in [6.07, 6.45) is 6.46. The number of carbonyl (C=O) groups is 2. The molecule has 0 radical (unpaired) electrons. The van der Waals surface area contributed by atoms with Crippen LogP contribution in [0.15, 0.2) is 84.5 Å². The number of aliphatic hydroxyl groups is 2. The van der Waals surface area contributed by atoms with E-state index in [2.05, 4.69) is 5.32 Å². The largest absolute Gasteiger partial charge is 0.394 e. The van der Waals surface area contributed by atoms with E-state index in [-0.39, 0.29) is 31.5 Å². The van der Waals surface area contributed by atoms with Crippen molar-refractivity contribution in [1.29, 1.82) is 0 Å². The molecule has 0 aromatic heterocycles. The highest BCUT2D eigenvalue weighted by molar-refractivity contribution is 5.96. The van der Waals surface area contributed by atoms with Gasteiger partial charge in [-0.15, -0.1) is 0 Å². The molecule has 2 aromatic rings. The monoisotopic (exact) mass is 533 g/mol. The van der Waals surface area contributed by atoms with Gasteiger partial charge in [0.1, 0.15) is 0 Å². The van der Waals surface area contributed by atoms with Crippen LogP contribution in [-0.4, -0.2) is 59.3 Å². The van der Waals surface area contributed by atoms with Crippen LogP contribution in [-0.2, 0) is 16.0 Å². The van der Waals surface area contributed by atoms with E-state index in [1.807, 2.05) is 79.4 Å². The zero-order valence-electron chi connectivity index (χ0n) is 23.1. The highest BCUT2D eigenvalue weighted by Gasteiger charge is 2.47. The fraction of sp³-hybridized carbons (Fsp3) is 0.438. The molecular formula is C32H43N3O4. The summed E-state index contributed by atoms with van der Waals surface area (Å²) in [6.45, 7) is 5.33. The number of primary amides is 1. The van der Waals surface area contributed by atoms with Crippen LogP contribution in [0.3, 0.4) is 0 Å². The highest BCUT2D eigenvalue weighted by Crippen LogP contribution is 2.43. The van der Waals surface area contributed by atoms with Crippen LogP contribution in [0.5, 0.6) is 0 Å². The summed E-state index contributed by atoms with van der Waals surface area (Å²) in [5.41, 5.74) is 7.23. The van der Waals surface area contributed by atoms with Crippen molar-refractivity contribution in [2.24, 2.45) is 17.1 Å². The van der Waals surface area contributed by atoms with Gasteiger partial charge in [-0.25, -0.2) is 0 Å². The summed E-state index contributed by atoms with van der Waals surface area (Å²) in [5, 5.41) is 24.9. The molecule has 0 spiro atoms. The maximum Gasteiger partial charge on any atom is 0.249 e. The Bertz CT molecular complexity index is 1110. The van der Waals surface area contributed by atoms with Gasteiger partial charge in [-0.05, 0) is 36.8 Å². The molecule has 7 nitrogen and oxygen atoms in total. The molecule has 1 aliphatic carbocycles. The van der Waals surface area contributed by atoms with E-state index in [0.717, 1.165) is 24.0 Å². The summed E-state index contributed by atoms with van der Waals surface area (Å²) in [5.74, 6) is -1.28. The average Bonchev–Trinajstić information content (AvgIpc) is 2.96. The molecule has 0 fully saturated rings. The fourth-order valence-corrected chi connectivity index (χ4v) is 5.49. The van der Waals surface area contributed by atoms with Crippen LogP contribution >= 0.6 is 0 Å². The molecule has 4 atom stereocenters. The lowest BCUT2D eigenvalue weighted by Crippen LogP contribution is -2.51. The van der Waals surface area contributed by atoms with Crippen LogP contribution in [0.1, 0.15) is 50.3 Å². The maximum atomic E-state index is 13.5. The molecular weight excluding hydrogens is 490 g/mol. The van der Waals surface area contributed by atoms with E-state index >= 15 is 0 Å². The third-order valence-electron chi connectivity index (χ3n) is 7.56. The number of amides is 2. The minimum atomic E-state index is -1.26. The number of nitrogens with zero attached hydrogens (tertiary/aromatic N) is 1. The van der Waals surface area contributed by atoms with Crippen molar-refractivity contribution in [2.75, 3.05) is 26.2 Å². The van der Waals surface area contributed by atoms with E-state index < -0.39 is 23.3 Å². The lowest BCUT2D eigenvalue weighted by molar-refractivity contribution is -0.132. The number of allylic oxidation sites excluding steroid dienone is 2. The Morgan fingerprint density at radius 2 is 1.64 bits per heavy atom. The van der Waals surface area contributed by atoms with Gasteiger partial charge in [0.25, 0.3) is 0 Å². The van der Waals surface area contributed by atoms with Gasteiger partial charge < -0.3 is 26.2 Å². The van der Waals surface area contributed by atoms with E-state index in [1.165, 1.54) is 0 Å². The molecule has 0 aliphatic heterocycles. The predicted molar refractivity (Wildman–Crippen MR) is 155 cm³/mol. The summed E-state index contributed by atoms with van der Waals surface area (Å²) in [4.78, 5) is 28.6. The van der Waals surface area contributed by atoms with Crippen molar-refractivity contribution in [3.8, 4) is 0 Å². The fourth-order valence-electron chi connectivity index (χ4n) is 5.49. The van der Waals surface area contributed by atoms with Crippen LogP contribution < -0.4 is 11.1 Å². The molecule has 5 N–H and O–H groups in total. The van der Waals surface area contributed by atoms with Gasteiger partial charge in [-0.1, -0.05) is 92.7 Å². The van der Waals surface area contributed by atoms with Gasteiger partial charge >= 0.3 is 0 Å². The smallest absolute Gasteiger partial charge is 0.249 e. The molecule has 0 heterocycles. The first-order valence-corrected chi connectivity index (χ1v) is 13.9. The number of nitrogens with two attached hydrogens (primary N) is 1. The normalized spacial score (nSPS) is 19.1. The molecule has 2 aromatic carbocycles. The van der Waals surface area contributed by atoms with Gasteiger partial charge in [-0.2, -0.15) is 0 Å². The zero-order valence-corrected chi connectivity index (χ0v) is 23.1. The lowest BCUT2D eigenvalue weighted by atomic mass is 9.64. The standard InChI is InChI=1S/C32H43N3O4/c1-3-18-35(19-4-2)30(38)26-16-11-17-32(21-26,31(33)39)27(20-24-12-7-5-8-13-24)29(37)22-34-28(23-36)25-14-9-6-10-15-25/h5-17,27-29,34,36-37H,3-4,18-23H2,1-2H3,(H2,33,39)/t27-,28-,29+,32?/m1/s1. The first-order chi connectivity index (χ1) is 18.9. The average molecular weight is 534 g/mol. The minimum absolute atomic E-state index is 0.0934. The first-order valence-electron chi connectivity index (χ1n) is 13.9.